The van der Waals surface area contributed by atoms with E-state index in [2.05, 4.69) is 22.9 Å². The molecular formula is C24H30N4O3. The van der Waals surface area contributed by atoms with Gasteiger partial charge in [0, 0.05) is 42.1 Å². The highest BCUT2D eigenvalue weighted by molar-refractivity contribution is 5.98. The van der Waals surface area contributed by atoms with Crippen LogP contribution in [0.2, 0.25) is 0 Å². The Labute approximate surface area is 183 Å². The minimum atomic E-state index is -0.216. The number of rotatable bonds is 9. The third-order valence-electron chi connectivity index (χ3n) is 5.20. The number of carbonyl (C=O) groups excluding carboxylic acids is 3. The molecule has 1 aliphatic rings. The molecule has 0 bridgehead atoms. The van der Waals surface area contributed by atoms with E-state index in [4.69, 9.17) is 0 Å². The van der Waals surface area contributed by atoms with Gasteiger partial charge in [-0.25, -0.2) is 0 Å². The summed E-state index contributed by atoms with van der Waals surface area (Å²) in [6.07, 6.45) is 4.07. The molecule has 0 unspecified atom stereocenters. The van der Waals surface area contributed by atoms with E-state index < -0.39 is 0 Å². The summed E-state index contributed by atoms with van der Waals surface area (Å²) < 4.78 is 0. The van der Waals surface area contributed by atoms with E-state index in [1.165, 1.54) is 0 Å². The standard InChI is InChI=1S/C24H30N4O3/c1-2-3-13-25-23(30)18-9-11-20(12-10-18)26-17-22(29)27-21-8-6-7-19(16-21)24(31)28-14-4-5-15-28/h6-12,16,26H,2-5,13-15,17H2,1H3,(H,25,30)(H,27,29). The van der Waals surface area contributed by atoms with Gasteiger partial charge in [-0.3, -0.25) is 14.4 Å². The molecule has 0 atom stereocenters. The van der Waals surface area contributed by atoms with Crippen LogP contribution in [0.1, 0.15) is 53.3 Å². The van der Waals surface area contributed by atoms with Gasteiger partial charge in [-0.1, -0.05) is 19.4 Å². The maximum absolute atomic E-state index is 12.5. The van der Waals surface area contributed by atoms with Crippen LogP contribution in [-0.4, -0.2) is 48.8 Å². The van der Waals surface area contributed by atoms with Crippen molar-refractivity contribution in [3.8, 4) is 0 Å². The lowest BCUT2D eigenvalue weighted by atomic mass is 10.1. The van der Waals surface area contributed by atoms with E-state index in [0.717, 1.165) is 44.5 Å². The predicted octanol–water partition coefficient (Wildman–Crippen LogP) is 3.50. The van der Waals surface area contributed by atoms with Crippen molar-refractivity contribution in [1.29, 1.82) is 0 Å². The van der Waals surface area contributed by atoms with E-state index in [0.29, 0.717) is 23.4 Å². The lowest BCUT2D eigenvalue weighted by Crippen LogP contribution is -2.27. The summed E-state index contributed by atoms with van der Waals surface area (Å²) in [6, 6.07) is 14.0. The fourth-order valence-corrected chi connectivity index (χ4v) is 3.44. The Kier molecular flexibility index (Phi) is 8.04. The average molecular weight is 423 g/mol. The summed E-state index contributed by atoms with van der Waals surface area (Å²) in [5.41, 5.74) is 2.51. The number of unbranched alkanes of at least 4 members (excludes halogenated alkanes) is 1. The Morgan fingerprint density at radius 2 is 1.68 bits per heavy atom. The fourth-order valence-electron chi connectivity index (χ4n) is 3.44. The summed E-state index contributed by atoms with van der Waals surface area (Å²) in [5.74, 6) is -0.307. The molecule has 3 amide bonds. The minimum Gasteiger partial charge on any atom is -0.376 e. The normalized spacial score (nSPS) is 13.0. The van der Waals surface area contributed by atoms with Gasteiger partial charge in [0.15, 0.2) is 0 Å². The molecule has 0 aromatic heterocycles. The topological polar surface area (TPSA) is 90.5 Å². The molecule has 1 aliphatic heterocycles. The van der Waals surface area contributed by atoms with Gasteiger partial charge in [0.2, 0.25) is 5.91 Å². The zero-order valence-corrected chi connectivity index (χ0v) is 17.9. The summed E-state index contributed by atoms with van der Waals surface area (Å²) >= 11 is 0. The molecule has 3 N–H and O–H groups in total. The lowest BCUT2D eigenvalue weighted by molar-refractivity contribution is -0.114. The molecule has 2 aromatic carbocycles. The molecule has 0 radical (unpaired) electrons. The van der Waals surface area contributed by atoms with Gasteiger partial charge in [-0.05, 0) is 61.7 Å². The second kappa shape index (κ2) is 11.2. The zero-order valence-electron chi connectivity index (χ0n) is 17.9. The van der Waals surface area contributed by atoms with E-state index in [-0.39, 0.29) is 24.3 Å². The highest BCUT2D eigenvalue weighted by Crippen LogP contribution is 2.16. The van der Waals surface area contributed by atoms with Crippen LogP contribution in [0.25, 0.3) is 0 Å². The minimum absolute atomic E-state index is 0.00513. The van der Waals surface area contributed by atoms with Gasteiger partial charge in [-0.2, -0.15) is 0 Å². The van der Waals surface area contributed by atoms with Gasteiger partial charge in [0.05, 0.1) is 6.54 Å². The van der Waals surface area contributed by atoms with Crippen molar-refractivity contribution in [1.82, 2.24) is 10.2 Å². The molecule has 2 aromatic rings. The first-order chi connectivity index (χ1) is 15.1. The summed E-state index contributed by atoms with van der Waals surface area (Å²) in [5, 5.41) is 8.74. The number of benzene rings is 2. The van der Waals surface area contributed by atoms with Crippen molar-refractivity contribution >= 4 is 29.1 Å². The van der Waals surface area contributed by atoms with Crippen molar-refractivity contribution in [2.45, 2.75) is 32.6 Å². The van der Waals surface area contributed by atoms with E-state index in [1.54, 1.807) is 48.5 Å². The highest BCUT2D eigenvalue weighted by Gasteiger charge is 2.19. The molecule has 164 valence electrons. The maximum atomic E-state index is 12.5. The van der Waals surface area contributed by atoms with Crippen LogP contribution in [0, 0.1) is 0 Å². The quantitative estimate of drug-likeness (QED) is 0.540. The molecule has 0 spiro atoms. The Morgan fingerprint density at radius 3 is 2.39 bits per heavy atom. The molecule has 1 heterocycles. The molecule has 3 rings (SSSR count). The van der Waals surface area contributed by atoms with Crippen molar-refractivity contribution in [2.75, 3.05) is 36.8 Å². The lowest BCUT2D eigenvalue weighted by Gasteiger charge is -2.16. The number of amides is 3. The first kappa shape index (κ1) is 22.3. The van der Waals surface area contributed by atoms with Gasteiger partial charge in [0.25, 0.3) is 11.8 Å². The molecule has 7 nitrogen and oxygen atoms in total. The second-order valence-electron chi connectivity index (χ2n) is 7.67. The summed E-state index contributed by atoms with van der Waals surface area (Å²) in [6.45, 7) is 4.40. The molecule has 0 saturated carbocycles. The molecular weight excluding hydrogens is 392 g/mol. The molecule has 1 saturated heterocycles. The van der Waals surface area contributed by atoms with Crippen LogP contribution >= 0.6 is 0 Å². The maximum Gasteiger partial charge on any atom is 0.253 e. The van der Waals surface area contributed by atoms with Gasteiger partial charge in [0.1, 0.15) is 0 Å². The Morgan fingerprint density at radius 1 is 0.935 bits per heavy atom. The summed E-state index contributed by atoms with van der Waals surface area (Å²) in [7, 11) is 0. The van der Waals surface area contributed by atoms with Crippen molar-refractivity contribution in [3.63, 3.8) is 0 Å². The van der Waals surface area contributed by atoms with E-state index in [9.17, 15) is 14.4 Å². The smallest absolute Gasteiger partial charge is 0.253 e. The number of hydrogen-bond acceptors (Lipinski definition) is 4. The van der Waals surface area contributed by atoms with Crippen molar-refractivity contribution < 1.29 is 14.4 Å². The third kappa shape index (κ3) is 6.57. The number of nitrogens with one attached hydrogen (secondary N) is 3. The van der Waals surface area contributed by atoms with Crippen molar-refractivity contribution in [3.05, 3.63) is 59.7 Å². The number of nitrogens with zero attached hydrogens (tertiary/aromatic N) is 1. The third-order valence-corrected chi connectivity index (χ3v) is 5.20. The Bertz CT molecular complexity index is 905. The predicted molar refractivity (Wildman–Crippen MR) is 122 cm³/mol. The van der Waals surface area contributed by atoms with Gasteiger partial charge < -0.3 is 20.9 Å². The van der Waals surface area contributed by atoms with Crippen LogP contribution in [0.3, 0.4) is 0 Å². The number of likely N-dealkylation sites (tertiary alicyclic amines) is 1. The SMILES string of the molecule is CCCCNC(=O)c1ccc(NCC(=O)Nc2cccc(C(=O)N3CCCC3)c2)cc1. The van der Waals surface area contributed by atoms with Crippen LogP contribution in [0.4, 0.5) is 11.4 Å². The van der Waals surface area contributed by atoms with E-state index >= 15 is 0 Å². The average Bonchev–Trinajstić information content (AvgIpc) is 3.33. The van der Waals surface area contributed by atoms with Crippen LogP contribution in [0.15, 0.2) is 48.5 Å². The molecule has 7 heteroatoms. The van der Waals surface area contributed by atoms with Gasteiger partial charge >= 0.3 is 0 Å². The Hall–Kier alpha value is -3.35. The molecule has 1 fully saturated rings. The Balaban J connectivity index is 1.48. The second-order valence-corrected chi connectivity index (χ2v) is 7.67. The fraction of sp³-hybridized carbons (Fsp3) is 0.375. The zero-order chi connectivity index (χ0) is 22.1. The number of anilines is 2. The largest absolute Gasteiger partial charge is 0.376 e. The first-order valence-corrected chi connectivity index (χ1v) is 10.9. The van der Waals surface area contributed by atoms with Crippen LogP contribution < -0.4 is 16.0 Å². The van der Waals surface area contributed by atoms with Crippen LogP contribution in [0.5, 0.6) is 0 Å². The highest BCUT2D eigenvalue weighted by atomic mass is 16.2. The summed E-state index contributed by atoms with van der Waals surface area (Å²) in [4.78, 5) is 38.7. The van der Waals surface area contributed by atoms with Crippen molar-refractivity contribution in [2.24, 2.45) is 0 Å². The first-order valence-electron chi connectivity index (χ1n) is 10.9. The molecule has 0 aliphatic carbocycles. The van der Waals surface area contributed by atoms with E-state index in [1.807, 2.05) is 4.90 Å². The molecule has 31 heavy (non-hydrogen) atoms. The monoisotopic (exact) mass is 422 g/mol. The van der Waals surface area contributed by atoms with Gasteiger partial charge in [-0.15, -0.1) is 0 Å². The number of hydrogen-bond donors (Lipinski definition) is 3. The number of carbonyl (C=O) groups is 3. The van der Waals surface area contributed by atoms with Crippen LogP contribution in [-0.2, 0) is 4.79 Å².